The number of aromatic nitrogens is 2. The van der Waals surface area contributed by atoms with Crippen LogP contribution in [0.1, 0.15) is 11.1 Å². The molecule has 0 unspecified atom stereocenters. The molecule has 0 saturated carbocycles. The molecule has 0 fully saturated rings. The van der Waals surface area contributed by atoms with E-state index in [1.165, 1.54) is 17.5 Å². The molecule has 2 N–H and O–H groups in total. The van der Waals surface area contributed by atoms with Crippen LogP contribution in [-0.4, -0.2) is 9.97 Å². The molecule has 0 bridgehead atoms. The number of fused-ring (bicyclic) bond motifs is 1. The molecule has 0 saturated heterocycles. The van der Waals surface area contributed by atoms with Gasteiger partial charge in [-0.05, 0) is 22.6 Å². The topological polar surface area (TPSA) is 64.3 Å². The average molecular weight is 433 g/mol. The van der Waals surface area contributed by atoms with Gasteiger partial charge in [-0.25, -0.2) is 4.98 Å². The molecule has 1 aromatic heterocycles. The van der Waals surface area contributed by atoms with Gasteiger partial charge in [-0.3, -0.25) is 0 Å². The molecule has 0 aliphatic rings. The van der Waals surface area contributed by atoms with E-state index in [2.05, 4.69) is 51.3 Å². The molecule has 162 valence electrons. The first-order chi connectivity index (χ1) is 16.3. The molecule has 5 heteroatoms. The van der Waals surface area contributed by atoms with E-state index in [0.717, 1.165) is 10.8 Å². The zero-order valence-electron chi connectivity index (χ0n) is 18.1. The second-order valence-corrected chi connectivity index (χ2v) is 7.82. The molecular weight excluding hydrogens is 408 g/mol. The molecule has 0 amide bonds. The summed E-state index contributed by atoms with van der Waals surface area (Å²) in [4.78, 5) is 11.0. The van der Waals surface area contributed by atoms with Crippen molar-refractivity contribution in [3.8, 4) is 11.6 Å². The second-order valence-electron chi connectivity index (χ2n) is 7.82. The Balaban J connectivity index is 1.51. The lowest BCUT2D eigenvalue weighted by molar-refractivity contribution is 0.469. The van der Waals surface area contributed by atoms with E-state index in [-0.39, 0.29) is 0 Å². The zero-order chi connectivity index (χ0) is 22.5. The third-order valence-electron chi connectivity index (χ3n) is 5.51. The van der Waals surface area contributed by atoms with Crippen LogP contribution in [0.25, 0.3) is 10.8 Å². The highest BCUT2D eigenvalue weighted by Crippen LogP contribution is 2.35. The molecule has 33 heavy (non-hydrogen) atoms. The Bertz CT molecular complexity index is 1310. The van der Waals surface area contributed by atoms with Crippen LogP contribution in [-0.2, 0) is 13.1 Å². The summed E-state index contributed by atoms with van der Waals surface area (Å²) < 4.78 is 6.21. The van der Waals surface area contributed by atoms with Crippen LogP contribution in [0.5, 0.6) is 11.6 Å². The van der Waals surface area contributed by atoms with Crippen molar-refractivity contribution in [2.45, 2.75) is 13.1 Å². The van der Waals surface area contributed by atoms with Crippen LogP contribution in [0.15, 0.2) is 109 Å². The number of nitrogens with two attached hydrogens (primary N) is 1. The van der Waals surface area contributed by atoms with Gasteiger partial charge in [0.2, 0.25) is 5.88 Å². The van der Waals surface area contributed by atoms with Crippen molar-refractivity contribution in [2.75, 3.05) is 10.6 Å². The van der Waals surface area contributed by atoms with Crippen molar-refractivity contribution in [1.82, 2.24) is 9.97 Å². The van der Waals surface area contributed by atoms with Crippen LogP contribution in [0.3, 0.4) is 0 Å². The van der Waals surface area contributed by atoms with Gasteiger partial charge in [0.1, 0.15) is 17.8 Å². The minimum absolute atomic E-state index is 0.350. The lowest BCUT2D eigenvalue weighted by Gasteiger charge is -2.25. The minimum atomic E-state index is 0.350. The highest BCUT2D eigenvalue weighted by atomic mass is 16.5. The minimum Gasteiger partial charge on any atom is -0.436 e. The first-order valence-corrected chi connectivity index (χ1v) is 10.9. The maximum Gasteiger partial charge on any atom is 0.248 e. The highest BCUT2D eigenvalue weighted by molar-refractivity contribution is 5.88. The normalized spacial score (nSPS) is 10.8. The maximum atomic E-state index is 6.59. The van der Waals surface area contributed by atoms with Crippen molar-refractivity contribution in [3.05, 3.63) is 121 Å². The van der Waals surface area contributed by atoms with E-state index in [0.29, 0.717) is 36.2 Å². The molecular formula is C28H24N4O. The van der Waals surface area contributed by atoms with E-state index in [1.807, 2.05) is 66.7 Å². The number of rotatable bonds is 7. The van der Waals surface area contributed by atoms with Gasteiger partial charge >= 0.3 is 0 Å². The van der Waals surface area contributed by atoms with Crippen molar-refractivity contribution in [3.63, 3.8) is 0 Å². The summed E-state index contributed by atoms with van der Waals surface area (Å²) in [6.07, 6.45) is 1.51. The molecule has 5 aromatic rings. The van der Waals surface area contributed by atoms with Crippen LogP contribution in [0.2, 0.25) is 0 Å². The Labute approximate surface area is 193 Å². The van der Waals surface area contributed by atoms with Gasteiger partial charge in [0, 0.05) is 18.5 Å². The van der Waals surface area contributed by atoms with Crippen molar-refractivity contribution < 1.29 is 4.74 Å². The molecule has 0 aliphatic carbocycles. The van der Waals surface area contributed by atoms with Crippen LogP contribution < -0.4 is 15.4 Å². The van der Waals surface area contributed by atoms with Crippen molar-refractivity contribution in [1.29, 1.82) is 0 Å². The molecule has 0 aliphatic heterocycles. The summed E-state index contributed by atoms with van der Waals surface area (Å²) in [6.45, 7) is 1.31. The van der Waals surface area contributed by atoms with Gasteiger partial charge in [0.25, 0.3) is 0 Å². The standard InChI is InChI=1S/C28H24N4O/c29-26-27(32(18-21-10-3-1-4-11-21)19-22-12-5-2-6-13-22)30-20-31-28(26)33-25-17-9-15-23-14-7-8-16-24(23)25/h1-17,20H,18-19,29H2. The summed E-state index contributed by atoms with van der Waals surface area (Å²) >= 11 is 0. The maximum absolute atomic E-state index is 6.59. The molecule has 1 heterocycles. The summed E-state index contributed by atoms with van der Waals surface area (Å²) in [5, 5.41) is 2.10. The van der Waals surface area contributed by atoms with Gasteiger partial charge in [-0.1, -0.05) is 97.1 Å². The third kappa shape index (κ3) is 4.62. The van der Waals surface area contributed by atoms with Crippen molar-refractivity contribution in [2.24, 2.45) is 0 Å². The van der Waals surface area contributed by atoms with Gasteiger partial charge in [-0.2, -0.15) is 4.98 Å². The summed E-state index contributed by atoms with van der Waals surface area (Å²) in [5.74, 6) is 1.71. The average Bonchev–Trinajstić information content (AvgIpc) is 2.86. The third-order valence-corrected chi connectivity index (χ3v) is 5.51. The van der Waals surface area contributed by atoms with Crippen LogP contribution in [0, 0.1) is 0 Å². The van der Waals surface area contributed by atoms with E-state index in [4.69, 9.17) is 10.5 Å². The first kappa shape index (κ1) is 20.5. The molecule has 5 rings (SSSR count). The Kier molecular flexibility index (Phi) is 5.85. The Hall–Kier alpha value is -4.38. The van der Waals surface area contributed by atoms with Gasteiger partial charge in [-0.15, -0.1) is 0 Å². The van der Waals surface area contributed by atoms with Gasteiger partial charge in [0.05, 0.1) is 0 Å². The highest BCUT2D eigenvalue weighted by Gasteiger charge is 2.18. The molecule has 4 aromatic carbocycles. The quantitative estimate of drug-likeness (QED) is 0.331. The van der Waals surface area contributed by atoms with E-state index in [1.54, 1.807) is 0 Å². The smallest absolute Gasteiger partial charge is 0.248 e. The largest absolute Gasteiger partial charge is 0.436 e. The Morgan fingerprint density at radius 1 is 0.667 bits per heavy atom. The monoisotopic (exact) mass is 432 g/mol. The summed E-state index contributed by atoms with van der Waals surface area (Å²) in [6, 6.07) is 34.6. The Morgan fingerprint density at radius 3 is 1.97 bits per heavy atom. The number of hydrogen-bond donors (Lipinski definition) is 1. The van der Waals surface area contributed by atoms with Crippen molar-refractivity contribution >= 4 is 22.3 Å². The van der Waals surface area contributed by atoms with Gasteiger partial charge < -0.3 is 15.4 Å². The zero-order valence-corrected chi connectivity index (χ0v) is 18.1. The number of nitrogens with zero attached hydrogens (tertiary/aromatic N) is 3. The van der Waals surface area contributed by atoms with Crippen LogP contribution >= 0.6 is 0 Å². The molecule has 0 atom stereocenters. The van der Waals surface area contributed by atoms with E-state index < -0.39 is 0 Å². The van der Waals surface area contributed by atoms with E-state index >= 15 is 0 Å². The van der Waals surface area contributed by atoms with Gasteiger partial charge in [0.15, 0.2) is 5.82 Å². The lowest BCUT2D eigenvalue weighted by atomic mass is 10.1. The predicted octanol–water partition coefficient (Wildman–Crippen LogP) is 6.21. The fraction of sp³-hybridized carbons (Fsp3) is 0.0714. The summed E-state index contributed by atoms with van der Waals surface area (Å²) in [5.41, 5.74) is 9.34. The fourth-order valence-corrected chi connectivity index (χ4v) is 3.91. The molecule has 5 nitrogen and oxygen atoms in total. The summed E-state index contributed by atoms with van der Waals surface area (Å²) in [7, 11) is 0. The number of benzene rings is 4. The Morgan fingerprint density at radius 2 is 1.27 bits per heavy atom. The number of hydrogen-bond acceptors (Lipinski definition) is 5. The predicted molar refractivity (Wildman–Crippen MR) is 133 cm³/mol. The van der Waals surface area contributed by atoms with Crippen LogP contribution in [0.4, 0.5) is 11.5 Å². The second kappa shape index (κ2) is 9.40. The molecule has 0 radical (unpaired) electrons. The fourth-order valence-electron chi connectivity index (χ4n) is 3.91. The number of anilines is 2. The SMILES string of the molecule is Nc1c(Oc2cccc3ccccc23)ncnc1N(Cc1ccccc1)Cc1ccccc1. The first-order valence-electron chi connectivity index (χ1n) is 10.9. The number of nitrogen functional groups attached to an aromatic ring is 1. The van der Waals surface area contributed by atoms with E-state index in [9.17, 15) is 0 Å². The number of ether oxygens (including phenoxy) is 1. The lowest BCUT2D eigenvalue weighted by Crippen LogP contribution is -2.24. The molecule has 0 spiro atoms.